The van der Waals surface area contributed by atoms with Crippen LogP contribution in [0.25, 0.3) is 167 Å². The summed E-state index contributed by atoms with van der Waals surface area (Å²) in [5, 5.41) is 44.3. The molecule has 0 spiro atoms. The van der Waals surface area contributed by atoms with Crippen molar-refractivity contribution in [2.24, 2.45) is 23.7 Å². The van der Waals surface area contributed by atoms with Gasteiger partial charge in [-0.3, -0.25) is 0 Å². The molecule has 0 aliphatic heterocycles. The zero-order chi connectivity index (χ0) is 94.1. The first-order valence-corrected chi connectivity index (χ1v) is 49.8. The Hall–Kier alpha value is -15.5. The van der Waals surface area contributed by atoms with Gasteiger partial charge in [0.05, 0.1) is 23.3 Å². The first kappa shape index (κ1) is 87.2. The molecule has 12 heteroatoms. The molecule has 0 saturated heterocycles. The quantitative estimate of drug-likeness (QED) is 0.0890. The van der Waals surface area contributed by atoms with Gasteiger partial charge in [-0.2, -0.15) is 10.5 Å². The summed E-state index contributed by atoms with van der Waals surface area (Å²) in [5.74, 6) is 7.18. The van der Waals surface area contributed by atoms with E-state index in [9.17, 15) is 5.26 Å². The van der Waals surface area contributed by atoms with Gasteiger partial charge in [-0.25, -0.2) is 29.9 Å². The highest BCUT2D eigenvalue weighted by molar-refractivity contribution is 9.10. The molecule has 140 heavy (non-hydrogen) atoms. The van der Waals surface area contributed by atoms with E-state index in [1.807, 2.05) is 18.2 Å². The van der Waals surface area contributed by atoms with Crippen LogP contribution in [-0.4, -0.2) is 47.1 Å². The summed E-state index contributed by atoms with van der Waals surface area (Å²) in [5.41, 5.74) is 26.7. The monoisotopic (exact) mass is 1870 g/mol. The van der Waals surface area contributed by atoms with E-state index in [1.165, 1.54) is 177 Å². The molecule has 0 radical (unpaired) electrons. The molecule has 10 nitrogen and oxygen atoms in total. The number of fused-ring (bicyclic) bond motifs is 4. The van der Waals surface area contributed by atoms with Crippen molar-refractivity contribution in [3.05, 3.63) is 450 Å². The van der Waals surface area contributed by atoms with E-state index in [1.54, 1.807) is 11.1 Å². The van der Waals surface area contributed by atoms with Crippen LogP contribution in [0.3, 0.4) is 0 Å². The fourth-order valence-electron chi connectivity index (χ4n) is 25.4. The van der Waals surface area contributed by atoms with Crippen LogP contribution in [0.4, 0.5) is 0 Å². The van der Waals surface area contributed by atoms with Gasteiger partial charge in [-0.05, 0) is 309 Å². The standard InChI is InChI=1S/C64H48N4.C57H44BrN3.C7H6BNO2/c65-40-42-9-11-47(12-10-42)51-25-29-58(30-26-51)63-36-43-33-44(37-63)39-64(38-43,41-63)59-31-27-52(28-32-59)49-15-13-48(14-16-49)50-17-21-53(22-18-50)60-66-61(56-23-19-45-5-1-3-7-54(45)34-56)68-62(67-60)57-24-20-46-6-2-4-8-55(46)35-57;58-52-27-25-51(26-28-52)57-34-37-29-38(35-57)33-56(32-37,36-57)50-23-21-44(22-24-50)42-11-9-41(10-12-42)43-13-17-45(18-14-43)53-59-54(48-19-15-39-5-1-3-7-46(39)30-48)61-55(60-53)49-20-16-40-6-2-4-8-47(40)31-49;9-5-6-1-3-7(4-2-6)8(10)11/h1-32,34-35,43-44H,33,36-39,41H2;1-28,30-31,37-38H,29,32-36H2;1-4,10-11H. The second-order valence-electron chi connectivity index (χ2n) is 40.2. The Morgan fingerprint density at radius 1 is 0.229 bits per heavy atom. The minimum absolute atomic E-state index is 0.238. The van der Waals surface area contributed by atoms with Gasteiger partial charge >= 0.3 is 7.12 Å². The molecule has 28 rings (SSSR count). The van der Waals surface area contributed by atoms with Crippen LogP contribution in [0.1, 0.15) is 110 Å². The van der Waals surface area contributed by atoms with Gasteiger partial charge in [0, 0.05) is 37.9 Å². The van der Waals surface area contributed by atoms with E-state index in [-0.39, 0.29) is 10.8 Å². The van der Waals surface area contributed by atoms with Crippen molar-refractivity contribution in [2.75, 3.05) is 0 Å². The topological polar surface area (TPSA) is 165 Å². The van der Waals surface area contributed by atoms with Gasteiger partial charge in [-0.1, -0.05) is 368 Å². The van der Waals surface area contributed by atoms with Crippen molar-refractivity contribution < 1.29 is 10.0 Å². The molecule has 8 aliphatic carbocycles. The maximum atomic E-state index is 9.26. The third-order valence-corrected chi connectivity index (χ3v) is 32.0. The molecule has 4 atom stereocenters. The lowest BCUT2D eigenvalue weighted by Gasteiger charge is -2.63. The number of nitriles is 2. The molecule has 2 N–H and O–H groups in total. The lowest BCUT2D eigenvalue weighted by molar-refractivity contribution is -0.0282. The molecule has 8 saturated carbocycles. The molecule has 8 bridgehead atoms. The van der Waals surface area contributed by atoms with Crippen LogP contribution in [0.5, 0.6) is 0 Å². The summed E-state index contributed by atoms with van der Waals surface area (Å²) in [7, 11) is -1.46. The smallest absolute Gasteiger partial charge is 0.423 e. The summed E-state index contributed by atoms with van der Waals surface area (Å²) in [4.78, 5) is 30.4. The fourth-order valence-corrected chi connectivity index (χ4v) is 25.6. The Labute approximate surface area is 824 Å². The average Bonchev–Trinajstić information content (AvgIpc) is 0.706. The van der Waals surface area contributed by atoms with Crippen LogP contribution in [0.15, 0.2) is 417 Å². The lowest BCUT2D eigenvalue weighted by Crippen LogP contribution is -2.55. The van der Waals surface area contributed by atoms with E-state index >= 15 is 0 Å². The largest absolute Gasteiger partial charge is 0.488 e. The Morgan fingerprint density at radius 2 is 0.421 bits per heavy atom. The molecule has 2 heterocycles. The maximum absolute atomic E-state index is 9.26. The highest BCUT2D eigenvalue weighted by Gasteiger charge is 2.60. The van der Waals surface area contributed by atoms with E-state index in [4.69, 9.17) is 45.2 Å². The number of hydrogen-bond donors (Lipinski definition) is 2. The second kappa shape index (κ2) is 36.4. The van der Waals surface area contributed by atoms with Gasteiger partial charge in [0.2, 0.25) is 0 Å². The Balaban J connectivity index is 0.000000137. The Bertz CT molecular complexity index is 7970. The fraction of sp³-hybridized carbons (Fsp3) is 0.156. The number of hydrogen-bond acceptors (Lipinski definition) is 10. The zero-order valence-electron chi connectivity index (χ0n) is 77.5. The molecule has 672 valence electrons. The van der Waals surface area contributed by atoms with E-state index in [0.717, 1.165) is 95.3 Å². The molecule has 8 aliphatic rings. The van der Waals surface area contributed by atoms with Gasteiger partial charge < -0.3 is 10.0 Å². The van der Waals surface area contributed by atoms with Crippen LogP contribution in [0.2, 0.25) is 0 Å². The lowest BCUT2D eigenvalue weighted by atomic mass is 9.41. The van der Waals surface area contributed by atoms with Crippen LogP contribution >= 0.6 is 15.9 Å². The van der Waals surface area contributed by atoms with Gasteiger partial charge in [0.15, 0.2) is 34.9 Å². The predicted molar refractivity (Wildman–Crippen MR) is 572 cm³/mol. The summed E-state index contributed by atoms with van der Waals surface area (Å²) < 4.78 is 1.17. The van der Waals surface area contributed by atoms with Crippen molar-refractivity contribution in [3.8, 4) is 136 Å². The first-order chi connectivity index (χ1) is 68.6. The Kier molecular flexibility index (Phi) is 22.7. The number of rotatable bonds is 16. The van der Waals surface area contributed by atoms with E-state index in [2.05, 4.69) is 398 Å². The predicted octanol–water partition coefficient (Wildman–Crippen LogP) is 30.1. The van der Waals surface area contributed by atoms with Crippen LogP contribution < -0.4 is 5.46 Å². The van der Waals surface area contributed by atoms with Gasteiger partial charge in [0.1, 0.15) is 0 Å². The molecular formula is C128H98BBrN8O2. The first-order valence-electron chi connectivity index (χ1n) is 49.0. The second-order valence-corrected chi connectivity index (χ2v) is 41.2. The SMILES string of the molecule is Brc1ccc(C23CC4CC(C2)CC(c2ccc(-c5ccc(-c6ccc(-c7nc(-c8ccc9ccccc9c8)nc(-c8ccc9ccccc9c8)n7)cc6)cc5)cc2)(C4)C3)cc1.N#Cc1ccc(-c2ccc(C34CC5CC(C3)CC(c3ccc(-c6ccc(-c7ccc(-c8nc(-c9ccc%10ccccc%10c9)nc(-c9ccc%10ccccc%10c9)n8)cc7)cc6)cc3)(C5)C4)cc2)cc1.N#Cc1ccc(B(O)O)cc1. The highest BCUT2D eigenvalue weighted by Crippen LogP contribution is 2.68. The number of benzene rings is 18. The van der Waals surface area contributed by atoms with E-state index in [0.29, 0.717) is 62.4 Å². The molecule has 8 fully saturated rings. The normalized spacial score (nSPS) is 20.0. The highest BCUT2D eigenvalue weighted by atomic mass is 79.9. The van der Waals surface area contributed by atoms with Gasteiger partial charge in [0.25, 0.3) is 0 Å². The third-order valence-electron chi connectivity index (χ3n) is 31.4. The summed E-state index contributed by atoms with van der Waals surface area (Å²) in [6.45, 7) is 0. The molecule has 4 unspecified atom stereocenters. The van der Waals surface area contributed by atoms with Crippen molar-refractivity contribution in [1.29, 1.82) is 10.5 Å². The number of halogens is 1. The number of nitrogens with zero attached hydrogens (tertiary/aromatic N) is 8. The van der Waals surface area contributed by atoms with Gasteiger partial charge in [-0.15, -0.1) is 0 Å². The van der Waals surface area contributed by atoms with Crippen molar-refractivity contribution in [3.63, 3.8) is 0 Å². The molecule has 0 amide bonds. The average molecular weight is 1870 g/mol. The molecular weight excluding hydrogens is 1770 g/mol. The van der Waals surface area contributed by atoms with Crippen molar-refractivity contribution in [2.45, 2.75) is 98.7 Å². The van der Waals surface area contributed by atoms with Crippen LogP contribution in [-0.2, 0) is 21.7 Å². The molecule has 18 aromatic carbocycles. The third kappa shape index (κ3) is 17.2. The van der Waals surface area contributed by atoms with Crippen LogP contribution in [0, 0.1) is 46.3 Å². The maximum Gasteiger partial charge on any atom is 0.488 e. The minimum atomic E-state index is -1.46. The summed E-state index contributed by atoms with van der Waals surface area (Å²) in [6, 6.07) is 151. The van der Waals surface area contributed by atoms with Crippen molar-refractivity contribution in [1.82, 2.24) is 29.9 Å². The summed E-state index contributed by atoms with van der Waals surface area (Å²) >= 11 is 3.67. The van der Waals surface area contributed by atoms with E-state index < -0.39 is 7.12 Å². The Morgan fingerprint density at radius 3 is 0.657 bits per heavy atom. The zero-order valence-corrected chi connectivity index (χ0v) is 79.1. The molecule has 20 aromatic rings. The van der Waals surface area contributed by atoms with Crippen molar-refractivity contribution >= 4 is 71.6 Å². The number of aromatic nitrogens is 6. The summed E-state index contributed by atoms with van der Waals surface area (Å²) in [6.07, 6.45) is 16.0. The minimum Gasteiger partial charge on any atom is -0.423 e. The molecule has 2 aromatic heterocycles.